The summed E-state index contributed by atoms with van der Waals surface area (Å²) in [5.41, 5.74) is 2.66. The van der Waals surface area contributed by atoms with Gasteiger partial charge in [-0.3, -0.25) is 19.7 Å². The van der Waals surface area contributed by atoms with E-state index in [0.717, 1.165) is 36.2 Å². The van der Waals surface area contributed by atoms with Gasteiger partial charge in [-0.1, -0.05) is 24.6 Å². The molecule has 2 atom stereocenters. The van der Waals surface area contributed by atoms with Gasteiger partial charge in [0.2, 0.25) is 11.8 Å². The topological polar surface area (TPSA) is 90.5 Å². The number of imide groups is 1. The molecule has 0 aromatic heterocycles. The van der Waals surface area contributed by atoms with Crippen LogP contribution < -0.4 is 16.0 Å². The van der Waals surface area contributed by atoms with Crippen LogP contribution in [-0.4, -0.2) is 47.8 Å². The van der Waals surface area contributed by atoms with E-state index in [1.54, 1.807) is 4.90 Å². The van der Waals surface area contributed by atoms with Crippen LogP contribution in [0.2, 0.25) is 0 Å². The zero-order valence-electron chi connectivity index (χ0n) is 15.4. The second-order valence-electron chi connectivity index (χ2n) is 7.63. The molecule has 7 heteroatoms. The van der Waals surface area contributed by atoms with Crippen molar-refractivity contribution in [2.45, 2.75) is 57.3 Å². The minimum absolute atomic E-state index is 0.101. The van der Waals surface area contributed by atoms with Gasteiger partial charge in [0.25, 0.3) is 5.91 Å². The Kier molecular flexibility index (Phi) is 5.22. The molecule has 4 rings (SSSR count). The molecule has 0 saturated carbocycles. The first-order valence-corrected chi connectivity index (χ1v) is 9.83. The Bertz CT molecular complexity index is 756. The van der Waals surface area contributed by atoms with E-state index in [1.807, 2.05) is 18.2 Å². The SMILES string of the molecule is O=C1CCC(N2Cc3cccc(CN[C@H]4CCCCNC4)c3C2=O)C(=O)N1. The lowest BCUT2D eigenvalue weighted by Gasteiger charge is -2.29. The minimum Gasteiger partial charge on any atom is -0.322 e. The second kappa shape index (κ2) is 7.78. The highest BCUT2D eigenvalue weighted by Crippen LogP contribution is 2.29. The molecular formula is C20H26N4O3. The van der Waals surface area contributed by atoms with E-state index in [9.17, 15) is 14.4 Å². The fraction of sp³-hybridized carbons (Fsp3) is 0.550. The Hall–Kier alpha value is -2.25. The Balaban J connectivity index is 1.48. The first-order valence-electron chi connectivity index (χ1n) is 9.83. The summed E-state index contributed by atoms with van der Waals surface area (Å²) in [5.74, 6) is -0.727. The van der Waals surface area contributed by atoms with Crippen LogP contribution in [0.15, 0.2) is 18.2 Å². The molecule has 3 amide bonds. The van der Waals surface area contributed by atoms with E-state index in [2.05, 4.69) is 16.0 Å². The second-order valence-corrected chi connectivity index (χ2v) is 7.63. The molecule has 27 heavy (non-hydrogen) atoms. The summed E-state index contributed by atoms with van der Waals surface area (Å²) >= 11 is 0. The van der Waals surface area contributed by atoms with Crippen molar-refractivity contribution in [1.82, 2.24) is 20.9 Å². The smallest absolute Gasteiger partial charge is 0.255 e. The summed E-state index contributed by atoms with van der Waals surface area (Å²) in [4.78, 5) is 38.3. The van der Waals surface area contributed by atoms with E-state index < -0.39 is 6.04 Å². The monoisotopic (exact) mass is 370 g/mol. The van der Waals surface area contributed by atoms with Crippen molar-refractivity contribution in [3.63, 3.8) is 0 Å². The van der Waals surface area contributed by atoms with Gasteiger partial charge in [0.15, 0.2) is 0 Å². The van der Waals surface area contributed by atoms with Crippen LogP contribution in [0.3, 0.4) is 0 Å². The minimum atomic E-state index is -0.561. The van der Waals surface area contributed by atoms with Crippen molar-refractivity contribution >= 4 is 17.7 Å². The average Bonchev–Trinajstić information content (AvgIpc) is 2.83. The number of nitrogens with one attached hydrogen (secondary N) is 3. The lowest BCUT2D eigenvalue weighted by Crippen LogP contribution is -2.52. The number of benzene rings is 1. The lowest BCUT2D eigenvalue weighted by molar-refractivity contribution is -0.136. The van der Waals surface area contributed by atoms with Gasteiger partial charge in [-0.15, -0.1) is 0 Å². The third kappa shape index (κ3) is 3.75. The molecule has 7 nitrogen and oxygen atoms in total. The van der Waals surface area contributed by atoms with Crippen molar-refractivity contribution in [2.75, 3.05) is 13.1 Å². The lowest BCUT2D eigenvalue weighted by atomic mass is 10.0. The fourth-order valence-corrected chi connectivity index (χ4v) is 4.28. The number of fused-ring (bicyclic) bond motifs is 1. The van der Waals surface area contributed by atoms with E-state index >= 15 is 0 Å². The Morgan fingerprint density at radius 2 is 2.04 bits per heavy atom. The van der Waals surface area contributed by atoms with Crippen LogP contribution in [0.25, 0.3) is 0 Å². The highest BCUT2D eigenvalue weighted by Gasteiger charge is 2.39. The van der Waals surface area contributed by atoms with Crippen LogP contribution in [-0.2, 0) is 22.7 Å². The maximum absolute atomic E-state index is 13.1. The van der Waals surface area contributed by atoms with Gasteiger partial charge in [-0.2, -0.15) is 0 Å². The zero-order chi connectivity index (χ0) is 18.8. The molecule has 2 saturated heterocycles. The maximum atomic E-state index is 13.1. The summed E-state index contributed by atoms with van der Waals surface area (Å²) < 4.78 is 0. The molecule has 3 heterocycles. The summed E-state index contributed by atoms with van der Waals surface area (Å²) in [5, 5.41) is 9.37. The van der Waals surface area contributed by atoms with Crippen LogP contribution in [0.4, 0.5) is 0 Å². The van der Waals surface area contributed by atoms with Gasteiger partial charge < -0.3 is 15.5 Å². The van der Waals surface area contributed by atoms with Crippen LogP contribution in [0.1, 0.15) is 53.6 Å². The van der Waals surface area contributed by atoms with E-state index in [0.29, 0.717) is 25.6 Å². The Labute approximate surface area is 158 Å². The van der Waals surface area contributed by atoms with Crippen molar-refractivity contribution < 1.29 is 14.4 Å². The molecule has 1 unspecified atom stereocenters. The number of rotatable bonds is 4. The van der Waals surface area contributed by atoms with Gasteiger partial charge in [-0.05, 0) is 36.9 Å². The average molecular weight is 370 g/mol. The molecule has 144 valence electrons. The first kappa shape index (κ1) is 18.1. The number of carbonyl (C=O) groups is 3. The van der Waals surface area contributed by atoms with Crippen molar-refractivity contribution in [1.29, 1.82) is 0 Å². The number of amides is 3. The molecule has 1 aromatic rings. The number of hydrogen-bond donors (Lipinski definition) is 3. The first-order chi connectivity index (χ1) is 13.1. The molecule has 3 N–H and O–H groups in total. The van der Waals surface area contributed by atoms with Gasteiger partial charge in [0, 0.05) is 37.7 Å². The molecule has 0 radical (unpaired) electrons. The van der Waals surface area contributed by atoms with Gasteiger partial charge in [0.05, 0.1) is 0 Å². The largest absolute Gasteiger partial charge is 0.322 e. The van der Waals surface area contributed by atoms with Gasteiger partial charge >= 0.3 is 0 Å². The maximum Gasteiger partial charge on any atom is 0.255 e. The number of piperidine rings is 1. The molecule has 3 aliphatic rings. The summed E-state index contributed by atoms with van der Waals surface area (Å²) in [6, 6.07) is 5.76. The fourth-order valence-electron chi connectivity index (χ4n) is 4.28. The summed E-state index contributed by atoms with van der Waals surface area (Å²) in [6.45, 7) is 3.09. The molecule has 2 fully saturated rings. The molecule has 1 aromatic carbocycles. The van der Waals surface area contributed by atoms with Crippen molar-refractivity contribution in [3.05, 3.63) is 34.9 Å². The Morgan fingerprint density at radius 3 is 2.89 bits per heavy atom. The highest BCUT2D eigenvalue weighted by atomic mass is 16.2. The van der Waals surface area contributed by atoms with E-state index in [-0.39, 0.29) is 24.1 Å². The van der Waals surface area contributed by atoms with Crippen LogP contribution in [0.5, 0.6) is 0 Å². The van der Waals surface area contributed by atoms with Crippen LogP contribution in [0, 0.1) is 0 Å². The standard InChI is InChI=1S/C20H26N4O3/c25-17-8-7-16(19(26)23-17)24-12-14-5-3-4-13(18(14)20(24)27)10-22-15-6-1-2-9-21-11-15/h3-5,15-16,21-22H,1-2,6-12H2,(H,23,25,26)/t15-,16?/m0/s1. The molecule has 0 aliphatic carbocycles. The third-order valence-electron chi connectivity index (χ3n) is 5.77. The van der Waals surface area contributed by atoms with Gasteiger partial charge in [-0.25, -0.2) is 0 Å². The quantitative estimate of drug-likeness (QED) is 0.678. The molecule has 0 spiro atoms. The third-order valence-corrected chi connectivity index (χ3v) is 5.77. The van der Waals surface area contributed by atoms with Gasteiger partial charge in [0.1, 0.15) is 6.04 Å². The molecule has 0 bridgehead atoms. The van der Waals surface area contributed by atoms with E-state index in [1.165, 1.54) is 12.8 Å². The molecule has 3 aliphatic heterocycles. The number of hydrogen-bond acceptors (Lipinski definition) is 5. The number of nitrogens with zero attached hydrogens (tertiary/aromatic N) is 1. The number of carbonyl (C=O) groups excluding carboxylic acids is 3. The predicted molar refractivity (Wildman–Crippen MR) is 99.8 cm³/mol. The van der Waals surface area contributed by atoms with Crippen molar-refractivity contribution in [3.8, 4) is 0 Å². The predicted octanol–water partition coefficient (Wildman–Crippen LogP) is 0.679. The summed E-state index contributed by atoms with van der Waals surface area (Å²) in [6.07, 6.45) is 4.22. The van der Waals surface area contributed by atoms with Crippen LogP contribution >= 0.6 is 0 Å². The summed E-state index contributed by atoms with van der Waals surface area (Å²) in [7, 11) is 0. The Morgan fingerprint density at radius 1 is 1.15 bits per heavy atom. The zero-order valence-corrected chi connectivity index (χ0v) is 15.4. The highest BCUT2D eigenvalue weighted by molar-refractivity contribution is 6.05. The van der Waals surface area contributed by atoms with E-state index in [4.69, 9.17) is 0 Å². The van der Waals surface area contributed by atoms with Crippen molar-refractivity contribution in [2.24, 2.45) is 0 Å². The molecular weight excluding hydrogens is 344 g/mol. The normalized spacial score (nSPS) is 25.9.